The average Bonchev–Trinajstić information content (AvgIpc) is 2.91. The number of rotatable bonds is 2. The first-order valence-corrected chi connectivity index (χ1v) is 5.36. The molecule has 1 saturated carbocycles. The maximum Gasteiger partial charge on any atom is 0.0340 e. The Balaban J connectivity index is 1.85. The standard InChI is InChI=1S/C12H16N2/c13-9-12(5-6-12)14-7-10-3-1-2-4-11(10)8-14/h1-4H,5-9,13H2. The predicted molar refractivity (Wildman–Crippen MR) is 56.7 cm³/mol. The van der Waals surface area contributed by atoms with E-state index in [-0.39, 0.29) is 0 Å². The van der Waals surface area contributed by atoms with E-state index in [0.717, 1.165) is 19.6 Å². The molecule has 2 nitrogen and oxygen atoms in total. The molecule has 3 rings (SSSR count). The summed E-state index contributed by atoms with van der Waals surface area (Å²) < 4.78 is 0. The van der Waals surface area contributed by atoms with Gasteiger partial charge in [0, 0.05) is 25.2 Å². The molecule has 1 aliphatic heterocycles. The van der Waals surface area contributed by atoms with Gasteiger partial charge < -0.3 is 5.73 Å². The van der Waals surface area contributed by atoms with Crippen molar-refractivity contribution in [3.63, 3.8) is 0 Å². The fourth-order valence-corrected chi connectivity index (χ4v) is 2.46. The first kappa shape index (κ1) is 8.45. The van der Waals surface area contributed by atoms with Gasteiger partial charge in [-0.1, -0.05) is 24.3 Å². The van der Waals surface area contributed by atoms with Crippen molar-refractivity contribution >= 4 is 0 Å². The van der Waals surface area contributed by atoms with Crippen LogP contribution in [-0.4, -0.2) is 17.0 Å². The highest BCUT2D eigenvalue weighted by atomic mass is 15.2. The molecule has 2 aliphatic rings. The molecule has 0 saturated heterocycles. The predicted octanol–water partition coefficient (Wildman–Crippen LogP) is 1.49. The molecule has 14 heavy (non-hydrogen) atoms. The number of hydrogen-bond acceptors (Lipinski definition) is 2. The van der Waals surface area contributed by atoms with Crippen molar-refractivity contribution in [3.8, 4) is 0 Å². The Labute approximate surface area is 84.7 Å². The summed E-state index contributed by atoms with van der Waals surface area (Å²) in [4.78, 5) is 2.55. The van der Waals surface area contributed by atoms with Crippen molar-refractivity contribution in [2.75, 3.05) is 6.54 Å². The van der Waals surface area contributed by atoms with E-state index in [1.165, 1.54) is 24.0 Å². The molecule has 2 N–H and O–H groups in total. The van der Waals surface area contributed by atoms with E-state index in [9.17, 15) is 0 Å². The second kappa shape index (κ2) is 2.81. The molecule has 1 aliphatic carbocycles. The van der Waals surface area contributed by atoms with Crippen molar-refractivity contribution in [1.29, 1.82) is 0 Å². The molecule has 0 amide bonds. The Morgan fingerprint density at radius 2 is 1.71 bits per heavy atom. The van der Waals surface area contributed by atoms with E-state index in [4.69, 9.17) is 5.73 Å². The first-order chi connectivity index (χ1) is 6.84. The minimum absolute atomic E-state index is 0.360. The molecular weight excluding hydrogens is 172 g/mol. The van der Waals surface area contributed by atoms with Crippen LogP contribution in [0.1, 0.15) is 24.0 Å². The lowest BCUT2D eigenvalue weighted by Gasteiger charge is -2.25. The van der Waals surface area contributed by atoms with Crippen LogP contribution in [0.15, 0.2) is 24.3 Å². The van der Waals surface area contributed by atoms with E-state index < -0.39 is 0 Å². The van der Waals surface area contributed by atoms with Crippen LogP contribution in [0.3, 0.4) is 0 Å². The van der Waals surface area contributed by atoms with Crippen LogP contribution in [-0.2, 0) is 13.1 Å². The summed E-state index contributed by atoms with van der Waals surface area (Å²) in [6.45, 7) is 3.03. The van der Waals surface area contributed by atoms with E-state index in [0.29, 0.717) is 5.54 Å². The summed E-state index contributed by atoms with van der Waals surface area (Å²) in [5.74, 6) is 0. The molecule has 74 valence electrons. The molecule has 0 aromatic heterocycles. The zero-order valence-corrected chi connectivity index (χ0v) is 8.37. The summed E-state index contributed by atoms with van der Waals surface area (Å²) in [5, 5.41) is 0. The van der Waals surface area contributed by atoms with Crippen molar-refractivity contribution in [2.24, 2.45) is 5.73 Å². The third kappa shape index (κ3) is 1.11. The number of nitrogens with two attached hydrogens (primary N) is 1. The van der Waals surface area contributed by atoms with Crippen molar-refractivity contribution in [3.05, 3.63) is 35.4 Å². The highest BCUT2D eigenvalue weighted by Crippen LogP contribution is 2.44. The number of hydrogen-bond donors (Lipinski definition) is 1. The highest BCUT2D eigenvalue weighted by Gasteiger charge is 2.48. The van der Waals surface area contributed by atoms with Gasteiger partial charge in [-0.2, -0.15) is 0 Å². The maximum atomic E-state index is 5.84. The minimum atomic E-state index is 0.360. The lowest BCUT2D eigenvalue weighted by Crippen LogP contribution is -2.39. The van der Waals surface area contributed by atoms with Gasteiger partial charge >= 0.3 is 0 Å². The molecule has 0 radical (unpaired) electrons. The van der Waals surface area contributed by atoms with Gasteiger partial charge in [0.05, 0.1) is 0 Å². The Kier molecular flexibility index (Phi) is 1.70. The third-order valence-corrected chi connectivity index (χ3v) is 3.72. The van der Waals surface area contributed by atoms with Crippen LogP contribution in [0.2, 0.25) is 0 Å². The second-order valence-corrected chi connectivity index (χ2v) is 4.55. The Morgan fingerprint density at radius 3 is 2.14 bits per heavy atom. The van der Waals surface area contributed by atoms with Gasteiger partial charge in [0.1, 0.15) is 0 Å². The van der Waals surface area contributed by atoms with Crippen LogP contribution in [0, 0.1) is 0 Å². The van der Waals surface area contributed by atoms with Gasteiger partial charge in [0.15, 0.2) is 0 Å². The molecule has 1 fully saturated rings. The van der Waals surface area contributed by atoms with Crippen LogP contribution in [0.4, 0.5) is 0 Å². The first-order valence-electron chi connectivity index (χ1n) is 5.36. The normalized spacial score (nSPS) is 23.5. The van der Waals surface area contributed by atoms with Crippen LogP contribution < -0.4 is 5.73 Å². The largest absolute Gasteiger partial charge is 0.329 e. The molecule has 0 atom stereocenters. The zero-order chi connectivity index (χ0) is 9.60. The topological polar surface area (TPSA) is 29.3 Å². The Morgan fingerprint density at radius 1 is 1.14 bits per heavy atom. The third-order valence-electron chi connectivity index (χ3n) is 3.72. The summed E-state index contributed by atoms with van der Waals surface area (Å²) in [6, 6.07) is 8.73. The average molecular weight is 188 g/mol. The maximum absolute atomic E-state index is 5.84. The summed E-state index contributed by atoms with van der Waals surface area (Å²) >= 11 is 0. The minimum Gasteiger partial charge on any atom is -0.329 e. The van der Waals surface area contributed by atoms with E-state index in [1.54, 1.807) is 0 Å². The molecule has 1 heterocycles. The van der Waals surface area contributed by atoms with Gasteiger partial charge in [-0.3, -0.25) is 4.90 Å². The SMILES string of the molecule is NCC1(N2Cc3ccccc3C2)CC1. The fourth-order valence-electron chi connectivity index (χ4n) is 2.46. The van der Waals surface area contributed by atoms with Gasteiger partial charge in [-0.25, -0.2) is 0 Å². The van der Waals surface area contributed by atoms with Gasteiger partial charge in [0.25, 0.3) is 0 Å². The lowest BCUT2D eigenvalue weighted by molar-refractivity contribution is 0.183. The van der Waals surface area contributed by atoms with Gasteiger partial charge in [-0.05, 0) is 24.0 Å². The molecule has 0 unspecified atom stereocenters. The van der Waals surface area contributed by atoms with Gasteiger partial charge in [-0.15, -0.1) is 0 Å². The van der Waals surface area contributed by atoms with E-state index in [1.807, 2.05) is 0 Å². The van der Waals surface area contributed by atoms with Gasteiger partial charge in [0.2, 0.25) is 0 Å². The summed E-state index contributed by atoms with van der Waals surface area (Å²) in [7, 11) is 0. The zero-order valence-electron chi connectivity index (χ0n) is 8.37. The Hall–Kier alpha value is -0.860. The van der Waals surface area contributed by atoms with Crippen molar-refractivity contribution in [2.45, 2.75) is 31.5 Å². The quantitative estimate of drug-likeness (QED) is 0.762. The van der Waals surface area contributed by atoms with E-state index in [2.05, 4.69) is 29.2 Å². The van der Waals surface area contributed by atoms with Crippen molar-refractivity contribution < 1.29 is 0 Å². The second-order valence-electron chi connectivity index (χ2n) is 4.55. The molecular formula is C12H16N2. The fraction of sp³-hybridized carbons (Fsp3) is 0.500. The Bertz CT molecular complexity index is 330. The lowest BCUT2D eigenvalue weighted by atomic mass is 10.1. The van der Waals surface area contributed by atoms with Crippen molar-refractivity contribution in [1.82, 2.24) is 4.90 Å². The van der Waals surface area contributed by atoms with Crippen LogP contribution in [0.5, 0.6) is 0 Å². The number of benzene rings is 1. The van der Waals surface area contributed by atoms with E-state index >= 15 is 0 Å². The molecule has 1 aromatic carbocycles. The smallest absolute Gasteiger partial charge is 0.0340 e. The number of fused-ring (bicyclic) bond motifs is 1. The van der Waals surface area contributed by atoms with Crippen LogP contribution in [0.25, 0.3) is 0 Å². The van der Waals surface area contributed by atoms with Crippen LogP contribution >= 0.6 is 0 Å². The summed E-state index contributed by atoms with van der Waals surface area (Å²) in [6.07, 6.45) is 2.58. The summed E-state index contributed by atoms with van der Waals surface area (Å²) in [5.41, 5.74) is 9.19. The molecule has 1 aromatic rings. The number of nitrogens with zero attached hydrogens (tertiary/aromatic N) is 1. The monoisotopic (exact) mass is 188 g/mol. The molecule has 2 heteroatoms. The molecule has 0 spiro atoms. The molecule has 0 bridgehead atoms. The highest BCUT2D eigenvalue weighted by molar-refractivity contribution is 5.31.